The summed E-state index contributed by atoms with van der Waals surface area (Å²) in [6, 6.07) is 16.4. The second-order valence-corrected chi connectivity index (χ2v) is 12.7. The van der Waals surface area contributed by atoms with E-state index in [1.807, 2.05) is 24.3 Å². The van der Waals surface area contributed by atoms with Crippen molar-refractivity contribution in [3.63, 3.8) is 0 Å². The lowest BCUT2D eigenvalue weighted by molar-refractivity contribution is 0.479. The van der Waals surface area contributed by atoms with Gasteiger partial charge < -0.3 is 0 Å². The number of hydrogen-bond donors (Lipinski definition) is 2. The van der Waals surface area contributed by atoms with Crippen LogP contribution in [0.3, 0.4) is 0 Å². The third kappa shape index (κ3) is 8.78. The van der Waals surface area contributed by atoms with E-state index in [0.29, 0.717) is 24.9 Å². The molecule has 2 heterocycles. The summed E-state index contributed by atoms with van der Waals surface area (Å²) in [5.74, 6) is -0.491. The number of hydrogen-bond acceptors (Lipinski definition) is 8. The Balaban J connectivity index is 1.30. The van der Waals surface area contributed by atoms with Crippen molar-refractivity contribution in [3.8, 4) is 0 Å². The van der Waals surface area contributed by atoms with Crippen LogP contribution in [0.25, 0.3) is 0 Å². The smallest absolute Gasteiger partial charge is 0.270 e. The molecule has 2 aromatic carbocycles. The van der Waals surface area contributed by atoms with E-state index in [4.69, 9.17) is 9.11 Å². The molecule has 0 aliphatic heterocycles. The highest BCUT2D eigenvalue weighted by Crippen LogP contribution is 2.30. The van der Waals surface area contributed by atoms with Gasteiger partial charge in [0, 0.05) is 12.4 Å². The van der Waals surface area contributed by atoms with Crippen LogP contribution in [0.5, 0.6) is 0 Å². The monoisotopic (exact) mass is 574 g/mol. The molecule has 12 nitrogen and oxygen atoms in total. The number of nitrogens with zero attached hydrogens (tertiary/aromatic N) is 6. The lowest BCUT2D eigenvalue weighted by Gasteiger charge is -2.19. The van der Waals surface area contributed by atoms with Crippen LogP contribution in [0.15, 0.2) is 60.9 Å². The summed E-state index contributed by atoms with van der Waals surface area (Å²) < 4.78 is 65.0. The first-order chi connectivity index (χ1) is 18.3. The summed E-state index contributed by atoms with van der Waals surface area (Å²) in [5, 5.41) is 15.4. The Hall–Kier alpha value is -3.46. The molecule has 0 fully saturated rings. The average Bonchev–Trinajstić information content (AvgIpc) is 3.46. The van der Waals surface area contributed by atoms with Crippen LogP contribution < -0.4 is 0 Å². The van der Waals surface area contributed by atoms with Crippen molar-refractivity contribution in [2.45, 2.75) is 56.7 Å². The molecule has 2 atom stereocenters. The minimum atomic E-state index is -4.15. The van der Waals surface area contributed by atoms with E-state index in [2.05, 4.69) is 58.7 Å². The lowest BCUT2D eigenvalue weighted by atomic mass is 9.87. The quantitative estimate of drug-likeness (QED) is 0.240. The van der Waals surface area contributed by atoms with Gasteiger partial charge in [0.05, 0.1) is 13.1 Å². The number of rotatable bonds is 12. The molecule has 2 N–H and O–H groups in total. The zero-order valence-corrected chi connectivity index (χ0v) is 23.1. The standard InChI is InChI=1S/C25H30N6O6S2/c1-18(22-7-3-20(4-8-22)12-30-14-24(26-28-30)16-38(32,33)34)11-19(2)23-9-5-21(6-10-23)13-31-15-25(27-29-31)17-39(35,36)37/h3-10,14-15,18-19H,11-13,16-17H2,1-2H3,(H,32,33,34)(H,35,36,37). The second-order valence-electron chi connectivity index (χ2n) is 9.79. The van der Waals surface area contributed by atoms with Crippen LogP contribution in [0.1, 0.15) is 65.7 Å². The molecule has 0 spiro atoms. The fraction of sp³-hybridized carbons (Fsp3) is 0.360. The fourth-order valence-electron chi connectivity index (χ4n) is 4.42. The molecular weight excluding hydrogens is 544 g/mol. The average molecular weight is 575 g/mol. The summed E-state index contributed by atoms with van der Waals surface area (Å²) in [7, 11) is -8.29. The van der Waals surface area contributed by atoms with Gasteiger partial charge in [0.25, 0.3) is 20.2 Å². The molecule has 0 saturated heterocycles. The molecule has 208 valence electrons. The Morgan fingerprint density at radius 1 is 0.667 bits per heavy atom. The van der Waals surface area contributed by atoms with E-state index in [-0.39, 0.29) is 11.4 Å². The van der Waals surface area contributed by atoms with Crippen LogP contribution >= 0.6 is 0 Å². The minimum absolute atomic E-state index is 0.188. The lowest BCUT2D eigenvalue weighted by Crippen LogP contribution is -2.04. The highest BCUT2D eigenvalue weighted by Gasteiger charge is 2.15. The largest absolute Gasteiger partial charge is 0.285 e. The third-order valence-corrected chi connectivity index (χ3v) is 7.65. The van der Waals surface area contributed by atoms with Crippen LogP contribution in [0.4, 0.5) is 0 Å². The summed E-state index contributed by atoms with van der Waals surface area (Å²) >= 11 is 0. The highest BCUT2D eigenvalue weighted by molar-refractivity contribution is 7.85. The van der Waals surface area contributed by atoms with Crippen molar-refractivity contribution in [1.82, 2.24) is 30.0 Å². The zero-order chi connectivity index (χ0) is 28.2. The van der Waals surface area contributed by atoms with E-state index in [1.54, 1.807) is 0 Å². The molecule has 39 heavy (non-hydrogen) atoms. The van der Waals surface area contributed by atoms with E-state index in [1.165, 1.54) is 32.9 Å². The van der Waals surface area contributed by atoms with Crippen molar-refractivity contribution >= 4 is 20.2 Å². The first-order valence-electron chi connectivity index (χ1n) is 12.2. The third-order valence-electron chi connectivity index (χ3n) is 6.33. The molecule has 2 unspecified atom stereocenters. The van der Waals surface area contributed by atoms with Crippen molar-refractivity contribution in [2.75, 3.05) is 0 Å². The van der Waals surface area contributed by atoms with Gasteiger partial charge in [-0.05, 0) is 40.5 Å². The van der Waals surface area contributed by atoms with Crippen LogP contribution in [0, 0.1) is 0 Å². The Labute approximate surface area is 227 Å². The van der Waals surface area contributed by atoms with Crippen LogP contribution in [0.2, 0.25) is 0 Å². The molecule has 0 amide bonds. The molecule has 0 radical (unpaired) electrons. The maximum atomic E-state index is 11.0. The predicted molar refractivity (Wildman–Crippen MR) is 143 cm³/mol. The topological polar surface area (TPSA) is 170 Å². The number of aromatic nitrogens is 6. The van der Waals surface area contributed by atoms with Gasteiger partial charge in [0.2, 0.25) is 0 Å². The van der Waals surface area contributed by atoms with Crippen molar-refractivity contribution in [3.05, 3.63) is 94.6 Å². The minimum Gasteiger partial charge on any atom is -0.285 e. The normalized spacial score (nSPS) is 13.8. The molecule has 0 aliphatic carbocycles. The van der Waals surface area contributed by atoms with E-state index >= 15 is 0 Å². The van der Waals surface area contributed by atoms with Gasteiger partial charge in [0.15, 0.2) is 0 Å². The van der Waals surface area contributed by atoms with E-state index in [9.17, 15) is 16.8 Å². The number of benzene rings is 2. The van der Waals surface area contributed by atoms with Crippen LogP contribution in [-0.4, -0.2) is 55.9 Å². The summed E-state index contributed by atoms with van der Waals surface area (Å²) in [6.45, 7) is 5.25. The van der Waals surface area contributed by atoms with Gasteiger partial charge in [-0.25, -0.2) is 9.36 Å². The molecule has 14 heteroatoms. The Kier molecular flexibility index (Phi) is 8.59. The highest BCUT2D eigenvalue weighted by atomic mass is 32.2. The van der Waals surface area contributed by atoms with Gasteiger partial charge >= 0.3 is 0 Å². The molecule has 4 rings (SSSR count). The Bertz CT molecular complexity index is 1490. The Morgan fingerprint density at radius 2 is 1.03 bits per heavy atom. The molecule has 0 saturated carbocycles. The fourth-order valence-corrected chi connectivity index (χ4v) is 5.43. The first-order valence-corrected chi connectivity index (χ1v) is 15.4. The summed E-state index contributed by atoms with van der Waals surface area (Å²) in [6.07, 6.45) is 3.96. The molecule has 0 bridgehead atoms. The molecular formula is C25H30N6O6S2. The van der Waals surface area contributed by atoms with Gasteiger partial charge in [-0.1, -0.05) is 72.8 Å². The van der Waals surface area contributed by atoms with Crippen LogP contribution in [-0.2, 0) is 44.8 Å². The first kappa shape index (κ1) is 28.5. The van der Waals surface area contributed by atoms with Gasteiger partial charge in [-0.2, -0.15) is 16.8 Å². The molecule has 4 aromatic rings. The van der Waals surface area contributed by atoms with E-state index < -0.39 is 31.7 Å². The maximum absolute atomic E-state index is 11.0. The van der Waals surface area contributed by atoms with Crippen molar-refractivity contribution in [1.29, 1.82) is 0 Å². The molecule has 0 aliphatic rings. The molecule has 2 aromatic heterocycles. The maximum Gasteiger partial charge on any atom is 0.270 e. The predicted octanol–water partition coefficient (Wildman–Crippen LogP) is 3.04. The van der Waals surface area contributed by atoms with Gasteiger partial charge in [-0.15, -0.1) is 10.2 Å². The van der Waals surface area contributed by atoms with Crippen molar-refractivity contribution in [2.24, 2.45) is 0 Å². The Morgan fingerprint density at radius 3 is 1.36 bits per heavy atom. The zero-order valence-electron chi connectivity index (χ0n) is 21.5. The second kappa shape index (κ2) is 11.7. The van der Waals surface area contributed by atoms with Gasteiger partial charge in [-0.3, -0.25) is 9.11 Å². The SMILES string of the molecule is CC(CC(C)c1ccc(Cn2cc(CS(=O)(=O)O)nn2)cc1)c1ccc(Cn2cc(CS(=O)(=O)O)nn2)cc1. The summed E-state index contributed by atoms with van der Waals surface area (Å²) in [5.41, 5.74) is 4.78. The van der Waals surface area contributed by atoms with E-state index in [0.717, 1.165) is 17.5 Å². The van der Waals surface area contributed by atoms with Gasteiger partial charge in [0.1, 0.15) is 22.9 Å². The van der Waals surface area contributed by atoms with Crippen molar-refractivity contribution < 1.29 is 25.9 Å². The summed E-state index contributed by atoms with van der Waals surface area (Å²) in [4.78, 5) is 0.